The van der Waals surface area contributed by atoms with Crippen molar-refractivity contribution in [2.75, 3.05) is 13.7 Å². The Kier molecular flexibility index (Phi) is 8.99. The smallest absolute Gasteiger partial charge is 0.229 e. The number of rotatable bonds is 7. The second-order valence-corrected chi connectivity index (χ2v) is 10.6. The standard InChI is InChI=1S/C28H34O15/c1-10-21(33)23(35)25(37)27(39-10)43-26-24(36)22(34)19(9-29)42-28(26)40-12-6-14(31)20-15(32)8-17(41-18(20)7-12)11-3-4-16(38-2)13(30)5-11/h3-7,10,17,19,21-31,33-37H,8-9H2,1-2H3/t10?,17-,19?,21-,22+,23-,24+,25?,26?,27-,28+/m0/s1. The molecule has 43 heavy (non-hydrogen) atoms. The largest absolute Gasteiger partial charge is 0.507 e. The number of ether oxygens (including phenoxy) is 6. The van der Waals surface area contributed by atoms with Gasteiger partial charge in [0.25, 0.3) is 0 Å². The van der Waals surface area contributed by atoms with Gasteiger partial charge in [0.15, 0.2) is 29.7 Å². The van der Waals surface area contributed by atoms with Crippen LogP contribution in [0.1, 0.15) is 35.4 Å². The first kappa shape index (κ1) is 31.2. The van der Waals surface area contributed by atoms with Crippen molar-refractivity contribution in [3.05, 3.63) is 41.5 Å². The van der Waals surface area contributed by atoms with Crippen molar-refractivity contribution in [3.8, 4) is 28.7 Å². The van der Waals surface area contributed by atoms with Gasteiger partial charge in [0.05, 0.1) is 26.2 Å². The van der Waals surface area contributed by atoms with Crippen molar-refractivity contribution in [1.29, 1.82) is 0 Å². The summed E-state index contributed by atoms with van der Waals surface area (Å²) in [5, 5.41) is 82.4. The number of fused-ring (bicyclic) bond motifs is 1. The van der Waals surface area contributed by atoms with Gasteiger partial charge in [0.2, 0.25) is 6.29 Å². The minimum absolute atomic E-state index is 0.0592. The molecule has 0 radical (unpaired) electrons. The third kappa shape index (κ3) is 5.95. The zero-order valence-corrected chi connectivity index (χ0v) is 23.1. The van der Waals surface area contributed by atoms with Crippen LogP contribution in [-0.2, 0) is 14.2 Å². The Hall–Kier alpha value is -3.25. The molecule has 2 saturated heterocycles. The number of carbonyl (C=O) groups is 1. The molecular weight excluding hydrogens is 576 g/mol. The van der Waals surface area contributed by atoms with E-state index in [1.165, 1.54) is 32.2 Å². The van der Waals surface area contributed by atoms with Crippen LogP contribution in [0.15, 0.2) is 30.3 Å². The quantitative estimate of drug-likeness (QED) is 0.185. The molecule has 0 amide bonds. The number of Topliss-reactive ketones (excluding diaryl/α,β-unsaturated/α-hetero) is 1. The molecule has 2 aromatic rings. The van der Waals surface area contributed by atoms with E-state index in [0.717, 1.165) is 6.07 Å². The first-order valence-electron chi connectivity index (χ1n) is 13.5. The second-order valence-electron chi connectivity index (χ2n) is 10.6. The van der Waals surface area contributed by atoms with Crippen LogP contribution in [0.2, 0.25) is 0 Å². The summed E-state index contributed by atoms with van der Waals surface area (Å²) in [6, 6.07) is 6.89. The van der Waals surface area contributed by atoms with E-state index in [9.17, 15) is 45.6 Å². The van der Waals surface area contributed by atoms with E-state index in [4.69, 9.17) is 28.4 Å². The lowest BCUT2D eigenvalue weighted by atomic mass is 9.95. The highest BCUT2D eigenvalue weighted by molar-refractivity contribution is 6.02. The maximum atomic E-state index is 13.0. The molecule has 0 spiro atoms. The highest BCUT2D eigenvalue weighted by Gasteiger charge is 2.51. The number of phenolic OH excluding ortho intramolecular Hbond substituents is 2. The van der Waals surface area contributed by atoms with Crippen LogP contribution in [0.3, 0.4) is 0 Å². The number of aliphatic hydroxyl groups excluding tert-OH is 6. The van der Waals surface area contributed by atoms with Gasteiger partial charge in [0, 0.05) is 12.1 Å². The maximum Gasteiger partial charge on any atom is 0.229 e. The predicted octanol–water partition coefficient (Wildman–Crippen LogP) is -1.16. The highest BCUT2D eigenvalue weighted by atomic mass is 16.8. The summed E-state index contributed by atoms with van der Waals surface area (Å²) in [5.41, 5.74) is 0.352. The number of hydrogen-bond donors (Lipinski definition) is 8. The molecule has 11 atom stereocenters. The summed E-state index contributed by atoms with van der Waals surface area (Å²) in [5.74, 6) is -1.06. The number of aliphatic hydroxyl groups is 6. The van der Waals surface area contributed by atoms with Gasteiger partial charge in [-0.15, -0.1) is 0 Å². The number of phenols is 2. The van der Waals surface area contributed by atoms with Crippen LogP contribution >= 0.6 is 0 Å². The summed E-state index contributed by atoms with van der Waals surface area (Å²) in [7, 11) is 1.39. The van der Waals surface area contributed by atoms with E-state index >= 15 is 0 Å². The van der Waals surface area contributed by atoms with Crippen molar-refractivity contribution < 1.29 is 74.1 Å². The van der Waals surface area contributed by atoms with Crippen LogP contribution < -0.4 is 14.2 Å². The molecule has 236 valence electrons. The maximum absolute atomic E-state index is 13.0. The van der Waals surface area contributed by atoms with Gasteiger partial charge in [-0.1, -0.05) is 6.07 Å². The Morgan fingerprint density at radius 3 is 2.30 bits per heavy atom. The van der Waals surface area contributed by atoms with E-state index in [2.05, 4.69) is 0 Å². The molecule has 3 heterocycles. The molecule has 0 aliphatic carbocycles. The number of carbonyl (C=O) groups excluding carboxylic acids is 1. The number of hydrogen-bond acceptors (Lipinski definition) is 15. The average molecular weight is 611 g/mol. The molecule has 4 unspecified atom stereocenters. The van der Waals surface area contributed by atoms with E-state index in [0.29, 0.717) is 5.56 Å². The summed E-state index contributed by atoms with van der Waals surface area (Å²) in [6.45, 7) is 0.699. The van der Waals surface area contributed by atoms with Crippen molar-refractivity contribution in [2.24, 2.45) is 0 Å². The fraction of sp³-hybridized carbons (Fsp3) is 0.536. The average Bonchev–Trinajstić information content (AvgIpc) is 2.97. The summed E-state index contributed by atoms with van der Waals surface area (Å²) < 4.78 is 33.7. The second kappa shape index (κ2) is 12.4. The SMILES string of the molecule is COc1ccc([C@@H]2CC(=O)c3c(O)cc(O[C@@H]4OC(CO)[C@@H](O)[C@@H](O)C4O[C@@H]4OC(C)[C@H](O)[C@H](O)C4O)cc3O2)cc1O. The van der Waals surface area contributed by atoms with Crippen molar-refractivity contribution >= 4 is 5.78 Å². The topological polar surface area (TPSA) is 234 Å². The molecule has 0 bridgehead atoms. The number of benzene rings is 2. The number of ketones is 1. The predicted molar refractivity (Wildman–Crippen MR) is 141 cm³/mol. The minimum Gasteiger partial charge on any atom is -0.507 e. The Morgan fingerprint density at radius 1 is 0.884 bits per heavy atom. The van der Waals surface area contributed by atoms with Crippen LogP contribution in [0, 0.1) is 0 Å². The fourth-order valence-electron chi connectivity index (χ4n) is 5.29. The van der Waals surface area contributed by atoms with Gasteiger partial charge >= 0.3 is 0 Å². The molecule has 0 aromatic heterocycles. The van der Waals surface area contributed by atoms with E-state index in [-0.39, 0.29) is 35.0 Å². The van der Waals surface area contributed by atoms with E-state index < -0.39 is 85.7 Å². The van der Waals surface area contributed by atoms with Gasteiger partial charge < -0.3 is 69.3 Å². The number of aromatic hydroxyl groups is 2. The summed E-state index contributed by atoms with van der Waals surface area (Å²) in [6.07, 6.45) is -16.3. The Bertz CT molecular complexity index is 1320. The molecule has 15 nitrogen and oxygen atoms in total. The van der Waals surface area contributed by atoms with Crippen LogP contribution in [-0.4, -0.2) is 122 Å². The lowest BCUT2D eigenvalue weighted by Gasteiger charge is -2.45. The molecule has 0 saturated carbocycles. The zero-order chi connectivity index (χ0) is 31.2. The third-order valence-electron chi connectivity index (χ3n) is 7.72. The first-order valence-corrected chi connectivity index (χ1v) is 13.5. The van der Waals surface area contributed by atoms with Gasteiger partial charge in [-0.25, -0.2) is 0 Å². The van der Waals surface area contributed by atoms with Gasteiger partial charge in [-0.2, -0.15) is 0 Å². The Morgan fingerprint density at radius 2 is 1.63 bits per heavy atom. The fourth-order valence-corrected chi connectivity index (χ4v) is 5.29. The minimum atomic E-state index is -1.76. The number of methoxy groups -OCH3 is 1. The van der Waals surface area contributed by atoms with E-state index in [1.807, 2.05) is 0 Å². The lowest BCUT2D eigenvalue weighted by Crippen LogP contribution is -2.64. The first-order chi connectivity index (χ1) is 20.4. The zero-order valence-electron chi connectivity index (χ0n) is 23.1. The van der Waals surface area contributed by atoms with Crippen LogP contribution in [0.25, 0.3) is 0 Å². The van der Waals surface area contributed by atoms with Crippen molar-refractivity contribution in [1.82, 2.24) is 0 Å². The third-order valence-corrected chi connectivity index (χ3v) is 7.72. The summed E-state index contributed by atoms with van der Waals surface area (Å²) in [4.78, 5) is 13.0. The van der Waals surface area contributed by atoms with Gasteiger partial charge in [0.1, 0.15) is 65.5 Å². The van der Waals surface area contributed by atoms with E-state index in [1.54, 1.807) is 6.07 Å². The van der Waals surface area contributed by atoms with Crippen LogP contribution in [0.5, 0.6) is 28.7 Å². The van der Waals surface area contributed by atoms with Crippen molar-refractivity contribution in [3.63, 3.8) is 0 Å². The molecule has 2 aromatic carbocycles. The molecule has 3 aliphatic rings. The molecule has 15 heteroatoms. The normalized spacial score (nSPS) is 36.0. The molecule has 8 N–H and O–H groups in total. The van der Waals surface area contributed by atoms with Crippen molar-refractivity contribution in [2.45, 2.75) is 80.9 Å². The molecular formula is C28H34O15. The van der Waals surface area contributed by atoms with Crippen LogP contribution in [0.4, 0.5) is 0 Å². The monoisotopic (exact) mass is 610 g/mol. The van der Waals surface area contributed by atoms with Gasteiger partial charge in [-0.05, 0) is 24.6 Å². The molecule has 5 rings (SSSR count). The molecule has 2 fully saturated rings. The molecule has 3 aliphatic heterocycles. The summed E-state index contributed by atoms with van der Waals surface area (Å²) >= 11 is 0. The van der Waals surface area contributed by atoms with Gasteiger partial charge in [-0.3, -0.25) is 4.79 Å². The Labute approximate surface area is 245 Å². The Balaban J connectivity index is 1.41. The highest BCUT2D eigenvalue weighted by Crippen LogP contribution is 2.43. The lowest BCUT2D eigenvalue weighted by molar-refractivity contribution is -0.354.